The maximum absolute atomic E-state index is 5.51. The van der Waals surface area contributed by atoms with Gasteiger partial charge in [-0.2, -0.15) is 0 Å². The number of fused-ring (bicyclic) bond motifs is 6. The molecule has 7 aromatic carbocycles. The van der Waals surface area contributed by atoms with Crippen molar-refractivity contribution in [3.63, 3.8) is 0 Å². The molecule has 258 valence electrons. The van der Waals surface area contributed by atoms with Crippen molar-refractivity contribution in [1.29, 1.82) is 0 Å². The van der Waals surface area contributed by atoms with Gasteiger partial charge in [0, 0.05) is 27.8 Å². The minimum atomic E-state index is -1.94. The number of hydrogen-bond acceptors (Lipinski definition) is 3. The van der Waals surface area contributed by atoms with E-state index in [9.17, 15) is 0 Å². The van der Waals surface area contributed by atoms with Gasteiger partial charge in [0.25, 0.3) is 0 Å². The quantitative estimate of drug-likeness (QED) is 0.166. The van der Waals surface area contributed by atoms with Gasteiger partial charge in [0.2, 0.25) is 0 Å². The highest BCUT2D eigenvalue weighted by atomic mass is 28.3. The molecule has 3 nitrogen and oxygen atoms in total. The van der Waals surface area contributed by atoms with E-state index in [1.54, 1.807) is 0 Å². The summed E-state index contributed by atoms with van der Waals surface area (Å²) in [7, 11) is -3.88. The van der Waals surface area contributed by atoms with Gasteiger partial charge in [-0.05, 0) is 54.1 Å². The summed E-state index contributed by atoms with van der Waals surface area (Å²) < 4.78 is 0. The van der Waals surface area contributed by atoms with Crippen LogP contribution in [-0.2, 0) is 0 Å². The molecule has 0 bridgehead atoms. The molecule has 0 fully saturated rings. The Morgan fingerprint density at radius 1 is 0.278 bits per heavy atom. The van der Waals surface area contributed by atoms with E-state index >= 15 is 0 Å². The van der Waals surface area contributed by atoms with E-state index in [1.165, 1.54) is 65.3 Å². The van der Waals surface area contributed by atoms with E-state index in [1.807, 2.05) is 6.07 Å². The van der Waals surface area contributed by atoms with E-state index in [0.717, 1.165) is 16.7 Å². The molecule has 0 N–H and O–H groups in total. The highest BCUT2D eigenvalue weighted by molar-refractivity contribution is 7.04. The molecule has 0 amide bonds. The maximum atomic E-state index is 5.51. The standard InChI is InChI=1S/C49H39N3Si2/c1-53(2)39-26-16-14-24-35(39)45-41(53)30-28-37(43(45)32-18-8-5-9-19-32)48-50-47(34-22-12-7-13-23-34)51-49(52-48)38-29-31-42-46(44(38)33-20-10-6-11-21-33)36-25-15-17-27-40(36)54(42,3)4/h5-31H,1-4H3. The van der Waals surface area contributed by atoms with Gasteiger partial charge in [0.1, 0.15) is 16.1 Å². The Hall–Kier alpha value is -6.02. The van der Waals surface area contributed by atoms with Gasteiger partial charge >= 0.3 is 0 Å². The van der Waals surface area contributed by atoms with E-state index in [-0.39, 0.29) is 0 Å². The van der Waals surface area contributed by atoms with Crippen molar-refractivity contribution in [2.24, 2.45) is 0 Å². The second-order valence-electron chi connectivity index (χ2n) is 15.6. The molecule has 3 heterocycles. The highest BCUT2D eigenvalue weighted by Crippen LogP contribution is 2.45. The summed E-state index contributed by atoms with van der Waals surface area (Å²) in [5.41, 5.74) is 13.0. The number of hydrogen-bond donors (Lipinski definition) is 0. The van der Waals surface area contributed by atoms with Crippen molar-refractivity contribution in [2.45, 2.75) is 26.2 Å². The third-order valence-electron chi connectivity index (χ3n) is 11.8. The highest BCUT2D eigenvalue weighted by Gasteiger charge is 2.41. The Morgan fingerprint density at radius 3 is 1.06 bits per heavy atom. The lowest BCUT2D eigenvalue weighted by molar-refractivity contribution is 1.08. The molecule has 0 aliphatic carbocycles. The van der Waals surface area contributed by atoms with Crippen LogP contribution in [0.4, 0.5) is 0 Å². The number of rotatable bonds is 5. The zero-order valence-electron chi connectivity index (χ0n) is 30.9. The summed E-state index contributed by atoms with van der Waals surface area (Å²) in [6.45, 7) is 9.90. The van der Waals surface area contributed by atoms with Gasteiger partial charge in [-0.1, -0.05) is 190 Å². The normalized spacial score (nSPS) is 14.2. The Kier molecular flexibility index (Phi) is 7.41. The molecule has 0 saturated carbocycles. The molecule has 0 saturated heterocycles. The van der Waals surface area contributed by atoms with Crippen LogP contribution in [-0.4, -0.2) is 31.1 Å². The molecule has 1 aromatic heterocycles. The molecule has 0 atom stereocenters. The Balaban J connectivity index is 1.30. The monoisotopic (exact) mass is 725 g/mol. The van der Waals surface area contributed by atoms with Gasteiger partial charge in [0.05, 0.1) is 0 Å². The Bertz CT molecular complexity index is 2590. The molecule has 0 spiro atoms. The number of aromatic nitrogens is 3. The van der Waals surface area contributed by atoms with Gasteiger partial charge in [-0.25, -0.2) is 15.0 Å². The van der Waals surface area contributed by atoms with Crippen molar-refractivity contribution in [3.8, 4) is 78.7 Å². The predicted octanol–water partition coefficient (Wildman–Crippen LogP) is 9.81. The molecule has 2 aliphatic heterocycles. The van der Waals surface area contributed by atoms with E-state index in [2.05, 4.69) is 184 Å². The second kappa shape index (κ2) is 12.3. The van der Waals surface area contributed by atoms with Crippen LogP contribution in [0.25, 0.3) is 78.7 Å². The van der Waals surface area contributed by atoms with Crippen LogP contribution in [0.1, 0.15) is 0 Å². The van der Waals surface area contributed by atoms with Crippen molar-refractivity contribution in [3.05, 3.63) is 164 Å². The van der Waals surface area contributed by atoms with Crippen molar-refractivity contribution in [1.82, 2.24) is 15.0 Å². The zero-order valence-corrected chi connectivity index (χ0v) is 32.9. The first kappa shape index (κ1) is 32.6. The molecular weight excluding hydrogens is 687 g/mol. The van der Waals surface area contributed by atoms with Crippen LogP contribution in [0.15, 0.2) is 164 Å². The summed E-state index contributed by atoms with van der Waals surface area (Å²) >= 11 is 0. The van der Waals surface area contributed by atoms with Gasteiger partial charge in [-0.3, -0.25) is 0 Å². The Morgan fingerprint density at radius 2 is 0.630 bits per heavy atom. The van der Waals surface area contributed by atoms with Crippen LogP contribution < -0.4 is 20.7 Å². The van der Waals surface area contributed by atoms with Crippen LogP contribution >= 0.6 is 0 Å². The molecule has 5 heteroatoms. The van der Waals surface area contributed by atoms with Gasteiger partial charge < -0.3 is 0 Å². The minimum Gasteiger partial charge on any atom is -0.208 e. The number of nitrogens with zero attached hydrogens (tertiary/aromatic N) is 3. The maximum Gasteiger partial charge on any atom is 0.164 e. The van der Waals surface area contributed by atoms with Gasteiger partial charge in [-0.15, -0.1) is 0 Å². The molecule has 0 radical (unpaired) electrons. The second-order valence-corrected chi connectivity index (χ2v) is 24.2. The Labute approximate surface area is 319 Å². The van der Waals surface area contributed by atoms with Crippen molar-refractivity contribution in [2.75, 3.05) is 0 Å². The van der Waals surface area contributed by atoms with Crippen molar-refractivity contribution >= 4 is 36.9 Å². The van der Waals surface area contributed by atoms with Gasteiger partial charge in [0.15, 0.2) is 17.5 Å². The summed E-state index contributed by atoms with van der Waals surface area (Å²) in [6.07, 6.45) is 0. The number of benzene rings is 7. The average Bonchev–Trinajstić information content (AvgIpc) is 3.60. The van der Waals surface area contributed by atoms with E-state index in [4.69, 9.17) is 15.0 Å². The third-order valence-corrected chi connectivity index (χ3v) is 18.9. The first-order valence-corrected chi connectivity index (χ1v) is 24.8. The third kappa shape index (κ3) is 4.89. The fourth-order valence-electron chi connectivity index (χ4n) is 9.10. The first-order valence-electron chi connectivity index (χ1n) is 18.8. The summed E-state index contributed by atoms with van der Waals surface area (Å²) in [4.78, 5) is 16.2. The average molecular weight is 726 g/mol. The van der Waals surface area contributed by atoms with Crippen LogP contribution in [0.3, 0.4) is 0 Å². The lowest BCUT2D eigenvalue weighted by Gasteiger charge is -2.22. The van der Waals surface area contributed by atoms with Crippen molar-refractivity contribution < 1.29 is 0 Å². The largest absolute Gasteiger partial charge is 0.208 e. The summed E-state index contributed by atoms with van der Waals surface area (Å²) in [5, 5.41) is 5.87. The van der Waals surface area contributed by atoms with Crippen LogP contribution in [0, 0.1) is 0 Å². The van der Waals surface area contributed by atoms with Crippen LogP contribution in [0.2, 0.25) is 26.2 Å². The summed E-state index contributed by atoms with van der Waals surface area (Å²) in [6, 6.07) is 59.3. The van der Waals surface area contributed by atoms with Crippen LogP contribution in [0.5, 0.6) is 0 Å². The SMILES string of the molecule is C[Si]1(C)c2ccccc2-c2c1ccc(-c1nc(-c3ccccc3)nc(-c3ccc4c(c3-c3ccccc3)-c3ccccc3[Si]4(C)C)n1)c2-c1ccccc1. The molecular formula is C49H39N3Si2. The lowest BCUT2D eigenvalue weighted by Crippen LogP contribution is -2.49. The lowest BCUT2D eigenvalue weighted by atomic mass is 9.89. The smallest absolute Gasteiger partial charge is 0.164 e. The van der Waals surface area contributed by atoms with E-state index in [0.29, 0.717) is 17.5 Å². The fraction of sp³-hybridized carbons (Fsp3) is 0.0816. The molecule has 10 rings (SSSR count). The molecule has 54 heavy (non-hydrogen) atoms. The minimum absolute atomic E-state index is 0.667. The molecule has 8 aromatic rings. The first-order chi connectivity index (χ1) is 26.3. The summed E-state index contributed by atoms with van der Waals surface area (Å²) in [5.74, 6) is 2.03. The topological polar surface area (TPSA) is 38.7 Å². The molecule has 0 unspecified atom stereocenters. The fourth-order valence-corrected chi connectivity index (χ4v) is 15.2. The van der Waals surface area contributed by atoms with E-state index < -0.39 is 16.1 Å². The predicted molar refractivity (Wildman–Crippen MR) is 231 cm³/mol. The zero-order chi connectivity index (χ0) is 36.6. The molecule has 2 aliphatic rings.